The van der Waals surface area contributed by atoms with Gasteiger partial charge in [0.2, 0.25) is 0 Å². The van der Waals surface area contributed by atoms with Crippen LogP contribution in [-0.2, 0) is 0 Å². The number of nitrogens with one attached hydrogen (secondary N) is 2. The number of rotatable bonds is 7. The number of nitrogens with two attached hydrogens (primary N) is 1. The van der Waals surface area contributed by atoms with E-state index >= 15 is 0 Å². The van der Waals surface area contributed by atoms with E-state index in [1.54, 1.807) is 24.3 Å². The number of piperidine rings is 2. The highest BCUT2D eigenvalue weighted by atomic mass is 16.5. The Bertz CT molecular complexity index is 764. The Morgan fingerprint density at radius 2 is 1.90 bits per heavy atom. The maximum Gasteiger partial charge on any atom is 0.317 e. The molecule has 1 aromatic rings. The molecule has 162 valence electrons. The highest BCUT2D eigenvalue weighted by Gasteiger charge is 2.36. The summed E-state index contributed by atoms with van der Waals surface area (Å²) < 4.78 is 5.81. The maximum atomic E-state index is 12.2. The highest BCUT2D eigenvalue weighted by molar-refractivity contribution is 5.74. The number of hydrogen-bond acceptors (Lipinski definition) is 5. The predicted molar refractivity (Wildman–Crippen MR) is 112 cm³/mol. The van der Waals surface area contributed by atoms with Crippen LogP contribution in [0.3, 0.4) is 0 Å². The molecule has 2 aliphatic heterocycles. The summed E-state index contributed by atoms with van der Waals surface area (Å²) in [6, 6.07) is 8.12. The summed E-state index contributed by atoms with van der Waals surface area (Å²) in [5, 5.41) is 14.5. The van der Waals surface area contributed by atoms with Crippen LogP contribution < -0.4 is 21.1 Å². The first-order chi connectivity index (χ1) is 14.5. The SMILES string of the molecule is CCNC(=O)N1CC2CC(CN(C[C@@H](COc3ccc(C#N)cc3)NC(N)=O)C2)C1. The molecule has 2 fully saturated rings. The summed E-state index contributed by atoms with van der Waals surface area (Å²) in [6.07, 6.45) is 1.13. The minimum Gasteiger partial charge on any atom is -0.491 e. The second kappa shape index (κ2) is 10.2. The summed E-state index contributed by atoms with van der Waals surface area (Å²) >= 11 is 0. The van der Waals surface area contributed by atoms with Crippen LogP contribution in [0.25, 0.3) is 0 Å². The van der Waals surface area contributed by atoms with Crippen LogP contribution in [0, 0.1) is 23.2 Å². The van der Waals surface area contributed by atoms with Crippen LogP contribution in [0.4, 0.5) is 9.59 Å². The number of primary amides is 1. The van der Waals surface area contributed by atoms with Crippen molar-refractivity contribution in [3.63, 3.8) is 0 Å². The van der Waals surface area contributed by atoms with Crippen molar-refractivity contribution in [2.75, 3.05) is 45.9 Å². The third-order valence-corrected chi connectivity index (χ3v) is 5.53. The van der Waals surface area contributed by atoms with Crippen LogP contribution in [0.2, 0.25) is 0 Å². The fraction of sp³-hybridized carbons (Fsp3) is 0.571. The van der Waals surface area contributed by atoms with Gasteiger partial charge in [0.15, 0.2) is 0 Å². The lowest BCUT2D eigenvalue weighted by Crippen LogP contribution is -2.58. The first-order valence-corrected chi connectivity index (χ1v) is 10.4. The first kappa shape index (κ1) is 21.7. The molecule has 2 bridgehead atoms. The van der Waals surface area contributed by atoms with E-state index in [9.17, 15) is 9.59 Å². The van der Waals surface area contributed by atoms with E-state index in [2.05, 4.69) is 21.6 Å². The number of likely N-dealkylation sites (tertiary alicyclic amines) is 2. The molecule has 9 heteroatoms. The minimum atomic E-state index is -0.581. The number of hydrogen-bond donors (Lipinski definition) is 3. The Hall–Kier alpha value is -2.99. The minimum absolute atomic E-state index is 0.0183. The van der Waals surface area contributed by atoms with Crippen LogP contribution in [0.5, 0.6) is 5.75 Å². The van der Waals surface area contributed by atoms with Crippen molar-refractivity contribution in [1.82, 2.24) is 20.4 Å². The summed E-state index contributed by atoms with van der Waals surface area (Å²) in [5.74, 6) is 1.49. The molecule has 4 N–H and O–H groups in total. The molecular weight excluding hydrogens is 384 g/mol. The lowest BCUT2D eigenvalue weighted by Gasteiger charge is -2.46. The number of carbonyl (C=O) groups is 2. The number of amides is 4. The Balaban J connectivity index is 1.54. The molecule has 0 spiro atoms. The average molecular weight is 415 g/mol. The van der Waals surface area contributed by atoms with Crippen molar-refractivity contribution in [2.45, 2.75) is 19.4 Å². The zero-order valence-corrected chi connectivity index (χ0v) is 17.3. The molecule has 2 heterocycles. The number of benzene rings is 1. The van der Waals surface area contributed by atoms with Gasteiger partial charge in [-0.15, -0.1) is 0 Å². The average Bonchev–Trinajstić information content (AvgIpc) is 2.71. The zero-order chi connectivity index (χ0) is 21.5. The quantitative estimate of drug-likeness (QED) is 0.613. The molecule has 2 aliphatic rings. The van der Waals surface area contributed by atoms with Crippen LogP contribution in [0.1, 0.15) is 18.9 Å². The Morgan fingerprint density at radius 1 is 1.23 bits per heavy atom. The van der Waals surface area contributed by atoms with Gasteiger partial charge in [0, 0.05) is 39.3 Å². The summed E-state index contributed by atoms with van der Waals surface area (Å²) in [4.78, 5) is 27.9. The monoisotopic (exact) mass is 414 g/mol. The van der Waals surface area contributed by atoms with Crippen molar-refractivity contribution in [2.24, 2.45) is 17.6 Å². The van der Waals surface area contributed by atoms with E-state index in [4.69, 9.17) is 15.7 Å². The number of fused-ring (bicyclic) bond motifs is 2. The van der Waals surface area contributed by atoms with Crippen LogP contribution >= 0.6 is 0 Å². The second-order valence-electron chi connectivity index (χ2n) is 8.08. The molecule has 1 aromatic carbocycles. The summed E-state index contributed by atoms with van der Waals surface area (Å²) in [7, 11) is 0. The van der Waals surface area contributed by atoms with Crippen LogP contribution in [-0.4, -0.2) is 73.8 Å². The smallest absolute Gasteiger partial charge is 0.317 e. The van der Waals surface area contributed by atoms with Gasteiger partial charge in [-0.3, -0.25) is 0 Å². The lowest BCUT2D eigenvalue weighted by atomic mass is 9.84. The molecule has 4 amide bonds. The molecule has 3 rings (SSSR count). The van der Waals surface area contributed by atoms with Crippen LogP contribution in [0.15, 0.2) is 24.3 Å². The number of nitriles is 1. The third kappa shape index (κ3) is 6.00. The fourth-order valence-electron chi connectivity index (χ4n) is 4.44. The zero-order valence-electron chi connectivity index (χ0n) is 17.3. The molecular formula is C21H30N6O3. The second-order valence-corrected chi connectivity index (χ2v) is 8.08. The van der Waals surface area contributed by atoms with Gasteiger partial charge in [0.25, 0.3) is 0 Å². The first-order valence-electron chi connectivity index (χ1n) is 10.4. The standard InChI is InChI=1S/C21H30N6O3/c1-2-24-21(29)27-11-16-7-17(12-27)10-26(9-16)13-18(25-20(23)28)14-30-19-5-3-15(8-22)4-6-19/h3-6,16-18H,2,7,9-14H2,1H3,(H,24,29)(H3,23,25,28)/t16?,17?,18-/m0/s1. The van der Waals surface area contributed by atoms with Crippen molar-refractivity contribution >= 4 is 12.1 Å². The molecule has 2 saturated heterocycles. The highest BCUT2D eigenvalue weighted by Crippen LogP contribution is 2.28. The molecule has 0 radical (unpaired) electrons. The van der Waals surface area contributed by atoms with Gasteiger partial charge in [0.1, 0.15) is 12.4 Å². The largest absolute Gasteiger partial charge is 0.491 e. The van der Waals surface area contributed by atoms with Crippen molar-refractivity contribution < 1.29 is 14.3 Å². The Labute approximate surface area is 177 Å². The van der Waals surface area contributed by atoms with Gasteiger partial charge < -0.3 is 30.9 Å². The summed E-state index contributed by atoms with van der Waals surface area (Å²) in [5.41, 5.74) is 5.93. The van der Waals surface area contributed by atoms with Gasteiger partial charge in [-0.25, -0.2) is 9.59 Å². The van der Waals surface area contributed by atoms with Gasteiger partial charge >= 0.3 is 12.1 Å². The Morgan fingerprint density at radius 3 is 2.47 bits per heavy atom. The topological polar surface area (TPSA) is 124 Å². The molecule has 30 heavy (non-hydrogen) atoms. The van der Waals surface area contributed by atoms with E-state index < -0.39 is 6.03 Å². The van der Waals surface area contributed by atoms with Crippen molar-refractivity contribution in [3.05, 3.63) is 29.8 Å². The maximum absolute atomic E-state index is 12.2. The van der Waals surface area contributed by atoms with Gasteiger partial charge in [0.05, 0.1) is 17.7 Å². The lowest BCUT2D eigenvalue weighted by molar-refractivity contribution is 0.0396. The predicted octanol–water partition coefficient (Wildman–Crippen LogP) is 0.957. The number of urea groups is 2. The molecule has 0 aromatic heterocycles. The van der Waals surface area contributed by atoms with Crippen molar-refractivity contribution in [1.29, 1.82) is 5.26 Å². The number of ether oxygens (including phenoxy) is 1. The molecule has 9 nitrogen and oxygen atoms in total. The van der Waals surface area contributed by atoms with E-state index in [-0.39, 0.29) is 18.7 Å². The molecule has 2 unspecified atom stereocenters. The Kier molecular flexibility index (Phi) is 7.36. The summed E-state index contributed by atoms with van der Waals surface area (Å²) in [6.45, 7) is 6.75. The van der Waals surface area contributed by atoms with Gasteiger partial charge in [-0.05, 0) is 49.4 Å². The van der Waals surface area contributed by atoms with E-state index in [0.717, 1.165) is 32.6 Å². The van der Waals surface area contributed by atoms with E-state index in [1.165, 1.54) is 0 Å². The van der Waals surface area contributed by atoms with E-state index in [1.807, 2.05) is 11.8 Å². The molecule has 3 atom stereocenters. The number of carbonyl (C=O) groups excluding carboxylic acids is 2. The normalized spacial score (nSPS) is 21.9. The molecule has 0 saturated carbocycles. The fourth-order valence-corrected chi connectivity index (χ4v) is 4.44. The van der Waals surface area contributed by atoms with E-state index in [0.29, 0.717) is 36.2 Å². The third-order valence-electron chi connectivity index (χ3n) is 5.53. The van der Waals surface area contributed by atoms with Gasteiger partial charge in [-0.2, -0.15) is 5.26 Å². The number of nitrogens with zero attached hydrogens (tertiary/aromatic N) is 3. The molecule has 0 aliphatic carbocycles. The van der Waals surface area contributed by atoms with Crippen molar-refractivity contribution in [3.8, 4) is 11.8 Å². The van der Waals surface area contributed by atoms with Gasteiger partial charge in [-0.1, -0.05) is 0 Å².